The van der Waals surface area contributed by atoms with Crippen LogP contribution in [0.3, 0.4) is 0 Å². The molecule has 1 aromatic rings. The molecule has 0 fully saturated rings. The first-order valence-corrected chi connectivity index (χ1v) is 4.72. The van der Waals surface area contributed by atoms with Crippen LogP contribution in [-0.4, -0.2) is 35.5 Å². The molecule has 78 valence electrons. The average Bonchev–Trinajstić information content (AvgIpc) is 2.59. The van der Waals surface area contributed by atoms with Crippen LogP contribution in [0.25, 0.3) is 0 Å². The van der Waals surface area contributed by atoms with E-state index in [1.165, 1.54) is 0 Å². The third-order valence-corrected chi connectivity index (χ3v) is 2.28. The van der Waals surface area contributed by atoms with Gasteiger partial charge in [-0.2, -0.15) is 15.6 Å². The maximum Gasteiger partial charge on any atom is 0.223 e. The van der Waals surface area contributed by atoms with Crippen LogP contribution >= 0.6 is 0 Å². The van der Waals surface area contributed by atoms with Crippen LogP contribution < -0.4 is 10.4 Å². The molecule has 0 bridgehead atoms. The summed E-state index contributed by atoms with van der Waals surface area (Å²) in [6.45, 7) is 2.56. The molecule has 6 heteroatoms. The van der Waals surface area contributed by atoms with Crippen LogP contribution in [0, 0.1) is 0 Å². The summed E-state index contributed by atoms with van der Waals surface area (Å²) in [5.74, 6) is 1.72. The Morgan fingerprint density at radius 3 is 3.07 bits per heavy atom. The maximum absolute atomic E-state index is 4.75. The standard InChI is InChI=1S/C8H15N5O/c1-12-4-3-5-13-8(12)10-7(11-13)6-9-14-2/h9H,3-6H2,1-2H3. The number of nitrogens with zero attached hydrogens (tertiary/aromatic N) is 4. The van der Waals surface area contributed by atoms with Crippen molar-refractivity contribution in [1.82, 2.24) is 20.2 Å². The zero-order chi connectivity index (χ0) is 9.97. The van der Waals surface area contributed by atoms with E-state index < -0.39 is 0 Å². The molecule has 0 amide bonds. The zero-order valence-electron chi connectivity index (χ0n) is 8.53. The van der Waals surface area contributed by atoms with E-state index in [-0.39, 0.29) is 0 Å². The van der Waals surface area contributed by atoms with Crippen molar-refractivity contribution in [2.24, 2.45) is 0 Å². The lowest BCUT2D eigenvalue weighted by Gasteiger charge is -2.22. The smallest absolute Gasteiger partial charge is 0.223 e. The Morgan fingerprint density at radius 2 is 2.36 bits per heavy atom. The SMILES string of the molecule is CONCc1nc2n(n1)CCCN2C. The van der Waals surface area contributed by atoms with E-state index in [4.69, 9.17) is 4.84 Å². The molecule has 1 aliphatic heterocycles. The van der Waals surface area contributed by atoms with E-state index in [0.717, 1.165) is 31.3 Å². The fourth-order valence-electron chi connectivity index (χ4n) is 1.58. The van der Waals surface area contributed by atoms with Gasteiger partial charge in [-0.1, -0.05) is 0 Å². The van der Waals surface area contributed by atoms with Crippen molar-refractivity contribution >= 4 is 5.95 Å². The first-order chi connectivity index (χ1) is 6.81. The van der Waals surface area contributed by atoms with E-state index >= 15 is 0 Å². The molecule has 2 rings (SSSR count). The second-order valence-corrected chi connectivity index (χ2v) is 3.35. The molecular weight excluding hydrogens is 182 g/mol. The lowest BCUT2D eigenvalue weighted by molar-refractivity contribution is 0.0848. The molecule has 0 saturated carbocycles. The highest BCUT2D eigenvalue weighted by Crippen LogP contribution is 2.15. The van der Waals surface area contributed by atoms with Gasteiger partial charge in [-0.25, -0.2) is 4.68 Å². The molecule has 0 atom stereocenters. The second kappa shape index (κ2) is 3.93. The van der Waals surface area contributed by atoms with Gasteiger partial charge in [0.25, 0.3) is 0 Å². The highest BCUT2D eigenvalue weighted by Gasteiger charge is 2.17. The second-order valence-electron chi connectivity index (χ2n) is 3.35. The Kier molecular flexibility index (Phi) is 2.64. The Hall–Kier alpha value is -1.14. The van der Waals surface area contributed by atoms with Crippen molar-refractivity contribution in [3.63, 3.8) is 0 Å². The number of aromatic nitrogens is 3. The number of hydrogen-bond donors (Lipinski definition) is 1. The van der Waals surface area contributed by atoms with Gasteiger partial charge in [0, 0.05) is 20.1 Å². The van der Waals surface area contributed by atoms with Crippen molar-refractivity contribution in [3.05, 3.63) is 5.82 Å². The van der Waals surface area contributed by atoms with Gasteiger partial charge >= 0.3 is 0 Å². The van der Waals surface area contributed by atoms with Crippen molar-refractivity contribution < 1.29 is 4.84 Å². The molecular formula is C8H15N5O. The van der Waals surface area contributed by atoms with Gasteiger partial charge in [0.05, 0.1) is 13.7 Å². The van der Waals surface area contributed by atoms with Gasteiger partial charge in [0.15, 0.2) is 5.82 Å². The molecule has 1 aromatic heterocycles. The van der Waals surface area contributed by atoms with Crippen molar-refractivity contribution in [1.29, 1.82) is 0 Å². The van der Waals surface area contributed by atoms with Crippen LogP contribution in [0.5, 0.6) is 0 Å². The lowest BCUT2D eigenvalue weighted by Crippen LogP contribution is -2.28. The number of nitrogens with one attached hydrogen (secondary N) is 1. The minimum Gasteiger partial charge on any atom is -0.344 e. The third-order valence-electron chi connectivity index (χ3n) is 2.28. The molecule has 0 aliphatic carbocycles. The third kappa shape index (κ3) is 1.71. The number of fused-ring (bicyclic) bond motifs is 1. The topological polar surface area (TPSA) is 55.2 Å². The average molecular weight is 197 g/mol. The van der Waals surface area contributed by atoms with E-state index in [1.54, 1.807) is 7.11 Å². The molecule has 0 aromatic carbocycles. The van der Waals surface area contributed by atoms with Crippen LogP contribution in [0.2, 0.25) is 0 Å². The van der Waals surface area contributed by atoms with E-state index in [0.29, 0.717) is 6.54 Å². The van der Waals surface area contributed by atoms with Gasteiger partial charge in [-0.3, -0.25) is 0 Å². The predicted octanol–water partition coefficient (Wildman–Crippen LogP) is -0.231. The summed E-state index contributed by atoms with van der Waals surface area (Å²) >= 11 is 0. The molecule has 0 unspecified atom stereocenters. The zero-order valence-corrected chi connectivity index (χ0v) is 8.53. The van der Waals surface area contributed by atoms with Gasteiger partial charge < -0.3 is 9.74 Å². The first kappa shape index (κ1) is 9.42. The molecule has 6 nitrogen and oxygen atoms in total. The molecule has 1 N–H and O–H groups in total. The van der Waals surface area contributed by atoms with Crippen LogP contribution in [-0.2, 0) is 17.9 Å². The van der Waals surface area contributed by atoms with Crippen LogP contribution in [0.1, 0.15) is 12.2 Å². The molecule has 14 heavy (non-hydrogen) atoms. The fraction of sp³-hybridized carbons (Fsp3) is 0.750. The molecule has 0 saturated heterocycles. The van der Waals surface area contributed by atoms with Crippen molar-refractivity contribution in [3.8, 4) is 0 Å². The summed E-state index contributed by atoms with van der Waals surface area (Å²) in [5, 5.41) is 4.36. The summed E-state index contributed by atoms with van der Waals surface area (Å²) in [4.78, 5) is 11.3. The number of hydrogen-bond acceptors (Lipinski definition) is 5. The Balaban J connectivity index is 2.13. The van der Waals surface area contributed by atoms with Gasteiger partial charge in [-0.05, 0) is 6.42 Å². The monoisotopic (exact) mass is 197 g/mol. The molecule has 2 heterocycles. The highest BCUT2D eigenvalue weighted by atomic mass is 16.6. The van der Waals surface area contributed by atoms with Crippen molar-refractivity contribution in [2.45, 2.75) is 19.5 Å². The Bertz CT molecular complexity index is 311. The van der Waals surface area contributed by atoms with Crippen LogP contribution in [0.4, 0.5) is 5.95 Å². The first-order valence-electron chi connectivity index (χ1n) is 4.72. The number of anilines is 1. The van der Waals surface area contributed by atoms with Crippen molar-refractivity contribution in [2.75, 3.05) is 25.6 Å². The summed E-state index contributed by atoms with van der Waals surface area (Å²) in [5.41, 5.74) is 2.73. The largest absolute Gasteiger partial charge is 0.344 e. The highest BCUT2D eigenvalue weighted by molar-refractivity contribution is 5.30. The summed E-state index contributed by atoms with van der Waals surface area (Å²) < 4.78 is 1.94. The molecule has 0 radical (unpaired) electrons. The normalized spacial score (nSPS) is 15.7. The Labute approximate surface area is 82.8 Å². The quantitative estimate of drug-likeness (QED) is 0.678. The molecule has 1 aliphatic rings. The van der Waals surface area contributed by atoms with Crippen LogP contribution in [0.15, 0.2) is 0 Å². The van der Waals surface area contributed by atoms with E-state index in [9.17, 15) is 0 Å². The van der Waals surface area contributed by atoms with Gasteiger partial charge in [0.1, 0.15) is 0 Å². The minimum absolute atomic E-state index is 0.546. The molecule has 0 spiro atoms. The minimum atomic E-state index is 0.546. The van der Waals surface area contributed by atoms with E-state index in [2.05, 4.69) is 20.5 Å². The summed E-state index contributed by atoms with van der Waals surface area (Å²) in [6.07, 6.45) is 1.13. The van der Waals surface area contributed by atoms with Gasteiger partial charge in [0.2, 0.25) is 5.95 Å². The number of aryl methyl sites for hydroxylation is 1. The van der Waals surface area contributed by atoms with Gasteiger partial charge in [-0.15, -0.1) is 0 Å². The summed E-state index contributed by atoms with van der Waals surface area (Å²) in [6, 6.07) is 0. The predicted molar refractivity (Wildman–Crippen MR) is 51.8 cm³/mol. The fourth-order valence-corrected chi connectivity index (χ4v) is 1.58. The number of hydroxylamine groups is 1. The van der Waals surface area contributed by atoms with E-state index in [1.807, 2.05) is 11.7 Å². The lowest BCUT2D eigenvalue weighted by atomic mass is 10.3. The number of rotatable bonds is 3. The summed E-state index contributed by atoms with van der Waals surface area (Å²) in [7, 11) is 3.62. The Morgan fingerprint density at radius 1 is 1.50 bits per heavy atom. The maximum atomic E-state index is 4.75.